The Morgan fingerprint density at radius 1 is 0.880 bits per heavy atom. The third kappa shape index (κ3) is 4.92. The minimum atomic E-state index is -0.670. The normalized spacial score (nSPS) is 11.9. The van der Waals surface area contributed by atoms with Crippen LogP contribution in [0.1, 0.15) is 57.1 Å². The summed E-state index contributed by atoms with van der Waals surface area (Å²) >= 11 is 0. The van der Waals surface area contributed by atoms with Gasteiger partial charge < -0.3 is 10.6 Å². The van der Waals surface area contributed by atoms with E-state index < -0.39 is 11.8 Å². The van der Waals surface area contributed by atoms with Gasteiger partial charge in [0.1, 0.15) is 0 Å². The van der Waals surface area contributed by atoms with Gasteiger partial charge in [0, 0.05) is 11.4 Å². The SMILES string of the molecule is CCC(C)c1ccccc1NC(=O)C(=O)Nc1ccc(C(C)C)cc1. The number of benzene rings is 2. The average molecular weight is 338 g/mol. The molecule has 2 amide bonds. The summed E-state index contributed by atoms with van der Waals surface area (Å²) < 4.78 is 0. The minimum absolute atomic E-state index is 0.308. The highest BCUT2D eigenvalue weighted by atomic mass is 16.2. The zero-order valence-electron chi connectivity index (χ0n) is 15.3. The molecule has 0 saturated heterocycles. The van der Waals surface area contributed by atoms with Gasteiger partial charge in [-0.2, -0.15) is 0 Å². The summed E-state index contributed by atoms with van der Waals surface area (Å²) in [6.07, 6.45) is 0.960. The Kier molecular flexibility index (Phi) is 6.34. The molecule has 4 nitrogen and oxygen atoms in total. The minimum Gasteiger partial charge on any atom is -0.318 e. The Morgan fingerprint density at radius 3 is 2.08 bits per heavy atom. The smallest absolute Gasteiger partial charge is 0.314 e. The van der Waals surface area contributed by atoms with Crippen LogP contribution in [0, 0.1) is 0 Å². The fraction of sp³-hybridized carbons (Fsp3) is 0.333. The highest BCUT2D eigenvalue weighted by Crippen LogP contribution is 2.26. The molecular formula is C21H26N2O2. The molecule has 0 radical (unpaired) electrons. The zero-order chi connectivity index (χ0) is 18.4. The lowest BCUT2D eigenvalue weighted by molar-refractivity contribution is -0.133. The third-order valence-electron chi connectivity index (χ3n) is 4.39. The Hall–Kier alpha value is -2.62. The number of rotatable bonds is 5. The molecule has 0 bridgehead atoms. The van der Waals surface area contributed by atoms with Crippen molar-refractivity contribution >= 4 is 23.2 Å². The maximum atomic E-state index is 12.2. The Balaban J connectivity index is 2.05. The van der Waals surface area contributed by atoms with Gasteiger partial charge in [-0.3, -0.25) is 9.59 Å². The van der Waals surface area contributed by atoms with E-state index in [1.165, 1.54) is 5.56 Å². The molecule has 2 aromatic rings. The number of carbonyl (C=O) groups is 2. The number of hydrogen-bond acceptors (Lipinski definition) is 2. The van der Waals surface area contributed by atoms with E-state index in [2.05, 4.69) is 38.3 Å². The highest BCUT2D eigenvalue weighted by molar-refractivity contribution is 6.43. The fourth-order valence-electron chi connectivity index (χ4n) is 2.58. The molecule has 4 heteroatoms. The topological polar surface area (TPSA) is 58.2 Å². The average Bonchev–Trinajstić information content (AvgIpc) is 2.61. The Morgan fingerprint density at radius 2 is 1.48 bits per heavy atom. The standard InChI is InChI=1S/C21H26N2O2/c1-5-15(4)18-8-6-7-9-19(18)23-21(25)20(24)22-17-12-10-16(11-13-17)14(2)3/h6-15H,5H2,1-4H3,(H,22,24)(H,23,25). The number of anilines is 2. The summed E-state index contributed by atoms with van der Waals surface area (Å²) in [5, 5.41) is 5.36. The van der Waals surface area contributed by atoms with Gasteiger partial charge >= 0.3 is 11.8 Å². The predicted molar refractivity (Wildman–Crippen MR) is 103 cm³/mol. The molecule has 0 saturated carbocycles. The molecule has 0 heterocycles. The van der Waals surface area contributed by atoms with Gasteiger partial charge in [0.2, 0.25) is 0 Å². The quantitative estimate of drug-likeness (QED) is 0.762. The van der Waals surface area contributed by atoms with Crippen molar-refractivity contribution in [2.45, 2.75) is 46.0 Å². The number of para-hydroxylation sites is 1. The molecule has 1 atom stereocenters. The van der Waals surface area contributed by atoms with Crippen molar-refractivity contribution in [3.63, 3.8) is 0 Å². The van der Waals surface area contributed by atoms with E-state index in [1.54, 1.807) is 0 Å². The number of nitrogens with one attached hydrogen (secondary N) is 2. The summed E-state index contributed by atoms with van der Waals surface area (Å²) in [6.45, 7) is 8.41. The maximum absolute atomic E-state index is 12.2. The van der Waals surface area contributed by atoms with E-state index in [4.69, 9.17) is 0 Å². The summed E-state index contributed by atoms with van der Waals surface area (Å²) in [5.74, 6) is -0.604. The van der Waals surface area contributed by atoms with Crippen LogP contribution in [0.2, 0.25) is 0 Å². The van der Waals surface area contributed by atoms with Crippen LogP contribution in [-0.2, 0) is 9.59 Å². The van der Waals surface area contributed by atoms with Crippen LogP contribution in [0.5, 0.6) is 0 Å². The summed E-state index contributed by atoms with van der Waals surface area (Å²) in [6, 6.07) is 15.1. The van der Waals surface area contributed by atoms with E-state index in [0.717, 1.165) is 12.0 Å². The molecule has 0 aliphatic heterocycles. The first-order valence-corrected chi connectivity index (χ1v) is 8.73. The lowest BCUT2D eigenvalue weighted by Crippen LogP contribution is -2.29. The summed E-state index contributed by atoms with van der Waals surface area (Å²) in [7, 11) is 0. The van der Waals surface area contributed by atoms with E-state index in [9.17, 15) is 9.59 Å². The van der Waals surface area contributed by atoms with Crippen LogP contribution in [0.25, 0.3) is 0 Å². The lowest BCUT2D eigenvalue weighted by Gasteiger charge is -2.15. The first-order chi connectivity index (χ1) is 11.9. The van der Waals surface area contributed by atoms with Gasteiger partial charge in [-0.1, -0.05) is 58.0 Å². The molecule has 25 heavy (non-hydrogen) atoms. The Bertz CT molecular complexity index is 736. The van der Waals surface area contributed by atoms with Gasteiger partial charge in [0.05, 0.1) is 0 Å². The molecule has 0 aliphatic rings. The second-order valence-corrected chi connectivity index (χ2v) is 6.58. The molecule has 0 spiro atoms. The van der Waals surface area contributed by atoms with Crippen LogP contribution in [0.3, 0.4) is 0 Å². The Labute approximate surface area is 149 Å². The van der Waals surface area contributed by atoms with Crippen LogP contribution >= 0.6 is 0 Å². The van der Waals surface area contributed by atoms with Gasteiger partial charge in [0.25, 0.3) is 0 Å². The van der Waals surface area contributed by atoms with E-state index in [1.807, 2.05) is 48.5 Å². The van der Waals surface area contributed by atoms with E-state index in [0.29, 0.717) is 23.2 Å². The van der Waals surface area contributed by atoms with Gasteiger partial charge in [-0.15, -0.1) is 0 Å². The van der Waals surface area contributed by atoms with Crippen molar-refractivity contribution in [2.24, 2.45) is 0 Å². The highest BCUT2D eigenvalue weighted by Gasteiger charge is 2.17. The second-order valence-electron chi connectivity index (χ2n) is 6.58. The zero-order valence-corrected chi connectivity index (χ0v) is 15.3. The first kappa shape index (κ1) is 18.7. The van der Waals surface area contributed by atoms with Crippen LogP contribution in [0.15, 0.2) is 48.5 Å². The van der Waals surface area contributed by atoms with E-state index in [-0.39, 0.29) is 0 Å². The van der Waals surface area contributed by atoms with Crippen molar-refractivity contribution in [3.05, 3.63) is 59.7 Å². The molecule has 0 fully saturated rings. The van der Waals surface area contributed by atoms with Crippen molar-refractivity contribution in [2.75, 3.05) is 10.6 Å². The van der Waals surface area contributed by atoms with Gasteiger partial charge in [-0.05, 0) is 47.6 Å². The fourth-order valence-corrected chi connectivity index (χ4v) is 2.58. The molecule has 2 N–H and O–H groups in total. The number of carbonyl (C=O) groups excluding carboxylic acids is 2. The predicted octanol–water partition coefficient (Wildman–Crippen LogP) is 4.90. The molecule has 2 rings (SSSR count). The van der Waals surface area contributed by atoms with E-state index >= 15 is 0 Å². The summed E-state index contributed by atoms with van der Waals surface area (Å²) in [4.78, 5) is 24.4. The van der Waals surface area contributed by atoms with Crippen molar-refractivity contribution in [3.8, 4) is 0 Å². The first-order valence-electron chi connectivity index (χ1n) is 8.73. The molecule has 132 valence electrons. The van der Waals surface area contributed by atoms with Crippen LogP contribution in [0.4, 0.5) is 11.4 Å². The van der Waals surface area contributed by atoms with Gasteiger partial charge in [0.15, 0.2) is 0 Å². The van der Waals surface area contributed by atoms with Crippen molar-refractivity contribution < 1.29 is 9.59 Å². The molecule has 0 aromatic heterocycles. The molecule has 0 aliphatic carbocycles. The molecule has 1 unspecified atom stereocenters. The monoisotopic (exact) mass is 338 g/mol. The number of hydrogen-bond donors (Lipinski definition) is 2. The summed E-state index contributed by atoms with van der Waals surface area (Å²) in [5.41, 5.74) is 3.52. The lowest BCUT2D eigenvalue weighted by atomic mass is 9.97. The van der Waals surface area contributed by atoms with Crippen LogP contribution in [-0.4, -0.2) is 11.8 Å². The van der Waals surface area contributed by atoms with Gasteiger partial charge in [-0.25, -0.2) is 0 Å². The molecule has 2 aromatic carbocycles. The number of amides is 2. The third-order valence-corrected chi connectivity index (χ3v) is 4.39. The molecular weight excluding hydrogens is 312 g/mol. The maximum Gasteiger partial charge on any atom is 0.314 e. The van der Waals surface area contributed by atoms with Crippen LogP contribution < -0.4 is 10.6 Å². The largest absolute Gasteiger partial charge is 0.318 e. The van der Waals surface area contributed by atoms with Crippen molar-refractivity contribution in [1.82, 2.24) is 0 Å². The second kappa shape index (κ2) is 8.47. The van der Waals surface area contributed by atoms with Crippen molar-refractivity contribution in [1.29, 1.82) is 0 Å².